The Kier molecular flexibility index (Phi) is 1.74. The number of thioether (sulfide) groups is 1. The van der Waals surface area contributed by atoms with Crippen molar-refractivity contribution in [3.8, 4) is 0 Å². The van der Waals surface area contributed by atoms with Gasteiger partial charge in [-0.15, -0.1) is 11.8 Å². The van der Waals surface area contributed by atoms with Crippen LogP contribution in [-0.2, 0) is 0 Å². The number of aromatic nitrogens is 1. The van der Waals surface area contributed by atoms with Crippen LogP contribution in [0.25, 0.3) is 0 Å². The summed E-state index contributed by atoms with van der Waals surface area (Å²) in [5.41, 5.74) is 1.08. The monoisotopic (exact) mass is 166 g/mol. The van der Waals surface area contributed by atoms with E-state index in [-0.39, 0.29) is 0 Å². The summed E-state index contributed by atoms with van der Waals surface area (Å²) >= 11 is 1.87. The second-order valence-corrected chi connectivity index (χ2v) is 3.71. The summed E-state index contributed by atoms with van der Waals surface area (Å²) < 4.78 is 0. The minimum Gasteiger partial charge on any atom is -0.368 e. The van der Waals surface area contributed by atoms with Gasteiger partial charge in [-0.1, -0.05) is 0 Å². The van der Waals surface area contributed by atoms with Crippen LogP contribution in [0.2, 0.25) is 0 Å². The van der Waals surface area contributed by atoms with Gasteiger partial charge in [-0.05, 0) is 19.1 Å². The van der Waals surface area contributed by atoms with Crippen molar-refractivity contribution in [1.29, 1.82) is 0 Å². The molecular formula is C8H10N2S. The van der Waals surface area contributed by atoms with Crippen LogP contribution >= 0.6 is 11.8 Å². The number of hydrogen-bond acceptors (Lipinski definition) is 3. The Morgan fingerprint density at radius 2 is 2.45 bits per heavy atom. The van der Waals surface area contributed by atoms with E-state index in [1.165, 1.54) is 4.90 Å². The minimum absolute atomic E-state index is 1.04. The highest BCUT2D eigenvalue weighted by Gasteiger charge is 2.08. The maximum Gasteiger partial charge on any atom is 0.139 e. The first-order valence-corrected chi connectivity index (χ1v) is 4.69. The minimum atomic E-state index is 1.04. The van der Waals surface area contributed by atoms with Crippen LogP contribution in [0.1, 0.15) is 5.69 Å². The lowest BCUT2D eigenvalue weighted by molar-refractivity contribution is 1.07. The number of anilines is 1. The predicted octanol–water partition coefficient (Wildman–Crippen LogP) is 1.91. The van der Waals surface area contributed by atoms with E-state index in [1.807, 2.05) is 18.7 Å². The lowest BCUT2D eigenvalue weighted by Gasteiger charge is -2.15. The third kappa shape index (κ3) is 1.33. The zero-order valence-electron chi connectivity index (χ0n) is 6.42. The van der Waals surface area contributed by atoms with Gasteiger partial charge in [0.25, 0.3) is 0 Å². The summed E-state index contributed by atoms with van der Waals surface area (Å²) in [5.74, 6) is 2.21. The van der Waals surface area contributed by atoms with Crippen LogP contribution in [0, 0.1) is 6.92 Å². The molecule has 2 heterocycles. The molecule has 0 aliphatic carbocycles. The molecule has 1 aromatic rings. The molecule has 58 valence electrons. The highest BCUT2D eigenvalue weighted by molar-refractivity contribution is 7.99. The van der Waals surface area contributed by atoms with Gasteiger partial charge in [0.15, 0.2) is 0 Å². The van der Waals surface area contributed by atoms with Gasteiger partial charge in [0.2, 0.25) is 0 Å². The summed E-state index contributed by atoms with van der Waals surface area (Å²) in [6.07, 6.45) is 0. The zero-order chi connectivity index (χ0) is 7.68. The van der Waals surface area contributed by atoms with E-state index in [0.29, 0.717) is 0 Å². The normalized spacial score (nSPS) is 15.4. The van der Waals surface area contributed by atoms with E-state index in [1.54, 1.807) is 0 Å². The van der Waals surface area contributed by atoms with E-state index in [4.69, 9.17) is 0 Å². The Morgan fingerprint density at radius 1 is 1.55 bits per heavy atom. The lowest BCUT2D eigenvalue weighted by Crippen LogP contribution is -2.11. The maximum atomic E-state index is 4.38. The topological polar surface area (TPSA) is 24.9 Å². The number of nitrogens with zero attached hydrogens (tertiary/aromatic N) is 1. The first-order chi connectivity index (χ1) is 5.36. The summed E-state index contributed by atoms with van der Waals surface area (Å²) in [6, 6.07) is 4.19. The second kappa shape index (κ2) is 2.74. The van der Waals surface area contributed by atoms with E-state index in [0.717, 1.165) is 23.8 Å². The van der Waals surface area contributed by atoms with Gasteiger partial charge in [0.1, 0.15) is 5.82 Å². The van der Waals surface area contributed by atoms with Gasteiger partial charge in [-0.2, -0.15) is 0 Å². The van der Waals surface area contributed by atoms with Gasteiger partial charge in [-0.25, -0.2) is 4.98 Å². The molecule has 0 radical (unpaired) electrons. The third-order valence-electron chi connectivity index (χ3n) is 1.65. The second-order valence-electron chi connectivity index (χ2n) is 2.57. The fourth-order valence-corrected chi connectivity index (χ4v) is 1.96. The quantitative estimate of drug-likeness (QED) is 0.637. The van der Waals surface area contributed by atoms with E-state index < -0.39 is 0 Å². The van der Waals surface area contributed by atoms with Gasteiger partial charge < -0.3 is 5.32 Å². The van der Waals surface area contributed by atoms with Crippen LogP contribution in [0.4, 0.5) is 5.82 Å². The van der Waals surface area contributed by atoms with Crippen molar-refractivity contribution in [3.63, 3.8) is 0 Å². The molecule has 2 nitrogen and oxygen atoms in total. The van der Waals surface area contributed by atoms with Crippen molar-refractivity contribution in [2.75, 3.05) is 17.6 Å². The molecular weight excluding hydrogens is 156 g/mol. The first kappa shape index (κ1) is 6.98. The molecule has 0 unspecified atom stereocenters. The van der Waals surface area contributed by atoms with Crippen molar-refractivity contribution in [2.45, 2.75) is 11.8 Å². The molecule has 0 saturated carbocycles. The fraction of sp³-hybridized carbons (Fsp3) is 0.375. The SMILES string of the molecule is Cc1ccc2c(n1)NCCS2. The molecule has 0 saturated heterocycles. The van der Waals surface area contributed by atoms with Crippen LogP contribution in [0.5, 0.6) is 0 Å². The van der Waals surface area contributed by atoms with Crippen LogP contribution in [-0.4, -0.2) is 17.3 Å². The first-order valence-electron chi connectivity index (χ1n) is 3.70. The Hall–Kier alpha value is -0.700. The Bertz CT molecular complexity index is 273. The largest absolute Gasteiger partial charge is 0.368 e. The van der Waals surface area contributed by atoms with E-state index in [9.17, 15) is 0 Å². The Morgan fingerprint density at radius 3 is 3.36 bits per heavy atom. The summed E-state index contributed by atoms with van der Waals surface area (Å²) in [5, 5.41) is 3.27. The van der Waals surface area contributed by atoms with Crippen molar-refractivity contribution < 1.29 is 0 Å². The molecule has 1 aliphatic rings. The Balaban J connectivity index is 2.43. The third-order valence-corrected chi connectivity index (χ3v) is 2.70. The Labute approximate surface area is 70.4 Å². The zero-order valence-corrected chi connectivity index (χ0v) is 7.24. The van der Waals surface area contributed by atoms with Crippen LogP contribution in [0.15, 0.2) is 17.0 Å². The fourth-order valence-electron chi connectivity index (χ4n) is 1.12. The molecule has 11 heavy (non-hydrogen) atoms. The van der Waals surface area contributed by atoms with Gasteiger partial charge in [0.05, 0.1) is 0 Å². The lowest BCUT2D eigenvalue weighted by atomic mass is 10.3. The summed E-state index contributed by atoms with van der Waals surface area (Å²) in [4.78, 5) is 5.66. The van der Waals surface area contributed by atoms with Crippen LogP contribution in [0.3, 0.4) is 0 Å². The molecule has 0 spiro atoms. The molecule has 2 rings (SSSR count). The molecule has 0 amide bonds. The summed E-state index contributed by atoms with van der Waals surface area (Å²) in [6.45, 7) is 3.05. The number of fused-ring (bicyclic) bond motifs is 1. The molecule has 3 heteroatoms. The molecule has 0 bridgehead atoms. The number of pyridine rings is 1. The van der Waals surface area contributed by atoms with Crippen LogP contribution < -0.4 is 5.32 Å². The average molecular weight is 166 g/mol. The van der Waals surface area contributed by atoms with Gasteiger partial charge in [0, 0.05) is 22.9 Å². The van der Waals surface area contributed by atoms with Gasteiger partial charge >= 0.3 is 0 Å². The predicted molar refractivity (Wildman–Crippen MR) is 48.2 cm³/mol. The van der Waals surface area contributed by atoms with Crippen molar-refractivity contribution in [2.24, 2.45) is 0 Å². The molecule has 0 fully saturated rings. The average Bonchev–Trinajstić information content (AvgIpc) is 2.04. The van der Waals surface area contributed by atoms with Crippen molar-refractivity contribution in [3.05, 3.63) is 17.8 Å². The highest BCUT2D eigenvalue weighted by atomic mass is 32.2. The molecule has 0 atom stereocenters. The number of aryl methyl sites for hydroxylation is 1. The summed E-state index contributed by atoms with van der Waals surface area (Å²) in [7, 11) is 0. The molecule has 1 aliphatic heterocycles. The molecule has 0 aromatic carbocycles. The molecule has 1 aromatic heterocycles. The van der Waals surface area contributed by atoms with E-state index in [2.05, 4.69) is 22.4 Å². The number of hydrogen-bond donors (Lipinski definition) is 1. The van der Waals surface area contributed by atoms with Gasteiger partial charge in [-0.3, -0.25) is 0 Å². The smallest absolute Gasteiger partial charge is 0.139 e. The van der Waals surface area contributed by atoms with Crippen molar-refractivity contribution in [1.82, 2.24) is 4.98 Å². The highest BCUT2D eigenvalue weighted by Crippen LogP contribution is 2.28. The molecule has 1 N–H and O–H groups in total. The maximum absolute atomic E-state index is 4.38. The number of rotatable bonds is 0. The number of nitrogens with one attached hydrogen (secondary N) is 1. The van der Waals surface area contributed by atoms with E-state index >= 15 is 0 Å². The standard InChI is InChI=1S/C8H10N2S/c1-6-2-3-7-8(10-6)9-4-5-11-7/h2-3H,4-5H2,1H3,(H,9,10). The van der Waals surface area contributed by atoms with Crippen molar-refractivity contribution >= 4 is 17.6 Å².